The van der Waals surface area contributed by atoms with Crippen molar-refractivity contribution < 1.29 is 4.74 Å². The molecule has 5 nitrogen and oxygen atoms in total. The van der Waals surface area contributed by atoms with E-state index < -0.39 is 0 Å². The summed E-state index contributed by atoms with van der Waals surface area (Å²) >= 11 is 0. The standard InChI is InChI=1S/C18H34N4O.HI/c1-2-19-17(20-9-11-21-12-14-23-15-13-21)22-10-8-18(16-22)6-4-3-5-7-18;/h2-16H2,1H3,(H,19,20);1H. The molecule has 0 bridgehead atoms. The number of nitrogens with zero attached hydrogens (tertiary/aromatic N) is 3. The van der Waals surface area contributed by atoms with Crippen molar-refractivity contribution >= 4 is 29.9 Å². The summed E-state index contributed by atoms with van der Waals surface area (Å²) in [6.07, 6.45) is 8.51. The number of nitrogens with one attached hydrogen (secondary N) is 1. The van der Waals surface area contributed by atoms with Gasteiger partial charge in [0.25, 0.3) is 0 Å². The fourth-order valence-corrected chi connectivity index (χ4v) is 4.37. The van der Waals surface area contributed by atoms with E-state index in [0.717, 1.165) is 51.9 Å². The van der Waals surface area contributed by atoms with Gasteiger partial charge in [-0.2, -0.15) is 0 Å². The molecular formula is C18H35IN4O. The topological polar surface area (TPSA) is 40.1 Å². The van der Waals surface area contributed by atoms with Gasteiger partial charge < -0.3 is 15.0 Å². The number of ether oxygens (including phenoxy) is 1. The molecule has 2 saturated heterocycles. The summed E-state index contributed by atoms with van der Waals surface area (Å²) < 4.78 is 5.41. The molecule has 140 valence electrons. The van der Waals surface area contributed by atoms with E-state index in [4.69, 9.17) is 9.73 Å². The number of morpholine rings is 1. The first-order valence-electron chi connectivity index (χ1n) is 9.65. The van der Waals surface area contributed by atoms with Crippen molar-refractivity contribution in [3.8, 4) is 0 Å². The largest absolute Gasteiger partial charge is 0.379 e. The van der Waals surface area contributed by atoms with Crippen LogP contribution >= 0.6 is 24.0 Å². The summed E-state index contributed by atoms with van der Waals surface area (Å²) in [5.41, 5.74) is 0.596. The molecular weight excluding hydrogens is 415 g/mol. The highest BCUT2D eigenvalue weighted by atomic mass is 127. The number of aliphatic imine (C=N–C) groups is 1. The Morgan fingerprint density at radius 1 is 1.08 bits per heavy atom. The van der Waals surface area contributed by atoms with E-state index in [1.54, 1.807) is 0 Å². The van der Waals surface area contributed by atoms with Crippen LogP contribution in [0, 0.1) is 5.41 Å². The first-order chi connectivity index (χ1) is 11.3. The van der Waals surface area contributed by atoms with Crippen LogP contribution in [-0.4, -0.2) is 74.8 Å². The average molecular weight is 450 g/mol. The fraction of sp³-hybridized carbons (Fsp3) is 0.944. The Labute approximate surface area is 164 Å². The Hall–Kier alpha value is -0.0800. The van der Waals surface area contributed by atoms with Crippen LogP contribution in [-0.2, 0) is 4.74 Å². The van der Waals surface area contributed by atoms with E-state index in [9.17, 15) is 0 Å². The van der Waals surface area contributed by atoms with Crippen LogP contribution < -0.4 is 5.32 Å². The maximum atomic E-state index is 5.41. The Morgan fingerprint density at radius 2 is 1.83 bits per heavy atom. The quantitative estimate of drug-likeness (QED) is 0.406. The van der Waals surface area contributed by atoms with Gasteiger partial charge in [0, 0.05) is 39.3 Å². The third-order valence-corrected chi connectivity index (χ3v) is 5.77. The van der Waals surface area contributed by atoms with Crippen LogP contribution in [0.2, 0.25) is 0 Å². The van der Waals surface area contributed by atoms with Crippen molar-refractivity contribution in [1.82, 2.24) is 15.1 Å². The molecule has 0 unspecified atom stereocenters. The van der Waals surface area contributed by atoms with E-state index in [0.29, 0.717) is 5.41 Å². The van der Waals surface area contributed by atoms with Gasteiger partial charge in [0.05, 0.1) is 19.8 Å². The molecule has 6 heteroatoms. The van der Waals surface area contributed by atoms with Gasteiger partial charge in [0.1, 0.15) is 0 Å². The first kappa shape index (κ1) is 20.2. The van der Waals surface area contributed by atoms with Gasteiger partial charge >= 0.3 is 0 Å². The Balaban J connectivity index is 0.00000208. The number of likely N-dealkylation sites (tertiary alicyclic amines) is 1. The summed E-state index contributed by atoms with van der Waals surface area (Å²) in [5, 5.41) is 3.52. The summed E-state index contributed by atoms with van der Waals surface area (Å²) in [7, 11) is 0. The number of guanidine groups is 1. The minimum atomic E-state index is 0. The number of halogens is 1. The van der Waals surface area contributed by atoms with E-state index in [1.165, 1.54) is 51.6 Å². The third-order valence-electron chi connectivity index (χ3n) is 5.77. The zero-order valence-corrected chi connectivity index (χ0v) is 17.6. The molecule has 24 heavy (non-hydrogen) atoms. The van der Waals surface area contributed by atoms with Crippen molar-refractivity contribution in [3.63, 3.8) is 0 Å². The Kier molecular flexibility index (Phi) is 8.57. The van der Waals surface area contributed by atoms with Crippen LogP contribution in [0.15, 0.2) is 4.99 Å². The lowest BCUT2D eigenvalue weighted by Crippen LogP contribution is -2.42. The van der Waals surface area contributed by atoms with Gasteiger partial charge in [0.2, 0.25) is 0 Å². The molecule has 3 rings (SSSR count). The van der Waals surface area contributed by atoms with Gasteiger partial charge in [-0.05, 0) is 31.6 Å². The van der Waals surface area contributed by atoms with Crippen molar-refractivity contribution in [2.45, 2.75) is 45.4 Å². The second-order valence-electron chi connectivity index (χ2n) is 7.42. The minimum absolute atomic E-state index is 0. The molecule has 0 amide bonds. The predicted molar refractivity (Wildman–Crippen MR) is 110 cm³/mol. The fourth-order valence-electron chi connectivity index (χ4n) is 4.37. The molecule has 3 aliphatic rings. The molecule has 0 radical (unpaired) electrons. The Morgan fingerprint density at radius 3 is 2.54 bits per heavy atom. The monoisotopic (exact) mass is 450 g/mol. The Bertz CT molecular complexity index is 392. The van der Waals surface area contributed by atoms with Crippen molar-refractivity contribution in [2.24, 2.45) is 10.4 Å². The van der Waals surface area contributed by atoms with Crippen LogP contribution in [0.1, 0.15) is 45.4 Å². The van der Waals surface area contributed by atoms with Gasteiger partial charge in [-0.25, -0.2) is 0 Å². The summed E-state index contributed by atoms with van der Waals surface area (Å²) in [6, 6.07) is 0. The lowest BCUT2D eigenvalue weighted by Gasteiger charge is -2.33. The van der Waals surface area contributed by atoms with Crippen LogP contribution in [0.3, 0.4) is 0 Å². The van der Waals surface area contributed by atoms with Gasteiger partial charge in [-0.3, -0.25) is 9.89 Å². The van der Waals surface area contributed by atoms with Gasteiger partial charge in [0.15, 0.2) is 5.96 Å². The molecule has 1 spiro atoms. The van der Waals surface area contributed by atoms with Crippen molar-refractivity contribution in [3.05, 3.63) is 0 Å². The molecule has 0 aromatic carbocycles. The maximum Gasteiger partial charge on any atom is 0.193 e. The van der Waals surface area contributed by atoms with E-state index >= 15 is 0 Å². The molecule has 3 fully saturated rings. The van der Waals surface area contributed by atoms with Gasteiger partial charge in [-0.15, -0.1) is 24.0 Å². The lowest BCUT2D eigenvalue weighted by molar-refractivity contribution is 0.0394. The zero-order chi connectivity index (χ0) is 16.0. The van der Waals surface area contributed by atoms with Crippen molar-refractivity contribution in [2.75, 3.05) is 59.0 Å². The molecule has 0 aromatic heterocycles. The van der Waals surface area contributed by atoms with Crippen LogP contribution in [0.25, 0.3) is 0 Å². The molecule has 1 aliphatic carbocycles. The summed E-state index contributed by atoms with van der Waals surface area (Å²) in [6.45, 7) is 11.3. The lowest BCUT2D eigenvalue weighted by atomic mass is 9.73. The van der Waals surface area contributed by atoms with Gasteiger partial charge in [-0.1, -0.05) is 19.3 Å². The van der Waals surface area contributed by atoms with E-state index in [1.807, 2.05) is 0 Å². The summed E-state index contributed by atoms with van der Waals surface area (Å²) in [5.74, 6) is 1.14. The molecule has 0 atom stereocenters. The highest BCUT2D eigenvalue weighted by Crippen LogP contribution is 2.43. The van der Waals surface area contributed by atoms with E-state index in [-0.39, 0.29) is 24.0 Å². The zero-order valence-electron chi connectivity index (χ0n) is 15.3. The normalized spacial score (nSPS) is 24.9. The van der Waals surface area contributed by atoms with Crippen LogP contribution in [0.4, 0.5) is 0 Å². The van der Waals surface area contributed by atoms with E-state index in [2.05, 4.69) is 22.0 Å². The second kappa shape index (κ2) is 10.2. The molecule has 1 saturated carbocycles. The number of hydrogen-bond acceptors (Lipinski definition) is 3. The second-order valence-corrected chi connectivity index (χ2v) is 7.42. The third kappa shape index (κ3) is 5.46. The molecule has 1 N–H and O–H groups in total. The maximum absolute atomic E-state index is 5.41. The summed E-state index contributed by atoms with van der Waals surface area (Å²) in [4.78, 5) is 9.90. The molecule has 2 heterocycles. The average Bonchev–Trinajstić information content (AvgIpc) is 2.99. The highest BCUT2D eigenvalue weighted by molar-refractivity contribution is 14.0. The van der Waals surface area contributed by atoms with Crippen molar-refractivity contribution in [1.29, 1.82) is 0 Å². The highest BCUT2D eigenvalue weighted by Gasteiger charge is 2.39. The molecule has 0 aromatic rings. The smallest absolute Gasteiger partial charge is 0.193 e. The van der Waals surface area contributed by atoms with Crippen LogP contribution in [0.5, 0.6) is 0 Å². The molecule has 2 aliphatic heterocycles. The first-order valence-corrected chi connectivity index (χ1v) is 9.65. The number of rotatable bonds is 4. The number of hydrogen-bond donors (Lipinski definition) is 1. The SMILES string of the molecule is CCNC(=NCCN1CCOCC1)N1CCC2(CCCCC2)C1.I. The predicted octanol–water partition coefficient (Wildman–Crippen LogP) is 2.56. The minimum Gasteiger partial charge on any atom is -0.379 e.